The predicted octanol–water partition coefficient (Wildman–Crippen LogP) is 6.41. The number of nitrogens with zero attached hydrogens (tertiary/aromatic N) is 3. The molecule has 2 aliphatic heterocycles. The van der Waals surface area contributed by atoms with E-state index in [-0.39, 0.29) is 5.92 Å². The summed E-state index contributed by atoms with van der Waals surface area (Å²) in [4.78, 5) is 7.49. The number of para-hydroxylation sites is 3. The molecule has 1 atom stereocenters. The maximum absolute atomic E-state index is 5.24. The zero-order valence-corrected chi connectivity index (χ0v) is 16.6. The number of amidine groups is 1. The quantitative estimate of drug-likeness (QED) is 0.327. The minimum atomic E-state index is 0.216. The van der Waals surface area contributed by atoms with Gasteiger partial charge in [0.25, 0.3) is 0 Å². The lowest BCUT2D eigenvalue weighted by Crippen LogP contribution is -2.22. The van der Waals surface area contributed by atoms with Gasteiger partial charge in [-0.25, -0.2) is 4.99 Å². The van der Waals surface area contributed by atoms with Crippen LogP contribution in [0.4, 0.5) is 11.4 Å². The second kappa shape index (κ2) is 5.61. The van der Waals surface area contributed by atoms with Gasteiger partial charge in [-0.2, -0.15) is 0 Å². The largest absolute Gasteiger partial charge is 0.332 e. The Balaban J connectivity index is 1.62. The van der Waals surface area contributed by atoms with Gasteiger partial charge in [-0.3, -0.25) is 0 Å². The van der Waals surface area contributed by atoms with Crippen molar-refractivity contribution in [2.45, 2.75) is 5.92 Å². The van der Waals surface area contributed by atoms with Gasteiger partial charge in [-0.1, -0.05) is 66.7 Å². The van der Waals surface area contributed by atoms with Gasteiger partial charge < -0.3 is 9.47 Å². The third-order valence-electron chi connectivity index (χ3n) is 6.60. The van der Waals surface area contributed by atoms with Crippen LogP contribution in [0.3, 0.4) is 0 Å². The van der Waals surface area contributed by atoms with Gasteiger partial charge in [0, 0.05) is 29.2 Å². The molecule has 0 radical (unpaired) electrons. The van der Waals surface area contributed by atoms with Gasteiger partial charge in [0.15, 0.2) is 0 Å². The summed E-state index contributed by atoms with van der Waals surface area (Å²) in [5, 5.41) is 2.53. The number of rotatable bonds is 1. The predicted molar refractivity (Wildman–Crippen MR) is 125 cm³/mol. The molecule has 0 saturated heterocycles. The molecule has 3 heterocycles. The molecule has 0 bridgehead atoms. The van der Waals surface area contributed by atoms with Crippen molar-refractivity contribution in [3.05, 3.63) is 102 Å². The summed E-state index contributed by atoms with van der Waals surface area (Å²) in [5.41, 5.74) is 8.60. The first-order valence-corrected chi connectivity index (χ1v) is 10.4. The first kappa shape index (κ1) is 16.0. The highest BCUT2D eigenvalue weighted by molar-refractivity contribution is 6.20. The van der Waals surface area contributed by atoms with E-state index in [0.717, 1.165) is 11.5 Å². The van der Waals surface area contributed by atoms with Gasteiger partial charge in [-0.15, -0.1) is 0 Å². The number of benzene rings is 4. The molecule has 0 N–H and O–H groups in total. The molecule has 2 aliphatic rings. The monoisotopic (exact) mass is 385 g/mol. The van der Waals surface area contributed by atoms with Gasteiger partial charge in [0.2, 0.25) is 0 Å². The van der Waals surface area contributed by atoms with Crippen molar-refractivity contribution >= 4 is 39.0 Å². The number of fused-ring (bicyclic) bond motifs is 9. The van der Waals surface area contributed by atoms with Gasteiger partial charge >= 0.3 is 0 Å². The van der Waals surface area contributed by atoms with Crippen LogP contribution in [-0.4, -0.2) is 17.5 Å². The zero-order valence-electron chi connectivity index (χ0n) is 16.6. The summed E-state index contributed by atoms with van der Waals surface area (Å²) in [5.74, 6) is 1.34. The van der Waals surface area contributed by atoms with Crippen LogP contribution < -0.4 is 4.90 Å². The molecule has 0 aliphatic carbocycles. The Morgan fingerprint density at radius 3 is 2.37 bits per heavy atom. The van der Waals surface area contributed by atoms with E-state index in [1.807, 2.05) is 0 Å². The molecule has 0 spiro atoms. The maximum Gasteiger partial charge on any atom is 0.121 e. The van der Waals surface area contributed by atoms with E-state index in [9.17, 15) is 0 Å². The molecule has 1 unspecified atom stereocenters. The van der Waals surface area contributed by atoms with Crippen molar-refractivity contribution in [3.8, 4) is 5.69 Å². The van der Waals surface area contributed by atoms with Crippen molar-refractivity contribution in [2.24, 2.45) is 4.99 Å². The maximum atomic E-state index is 5.24. The van der Waals surface area contributed by atoms with E-state index in [4.69, 9.17) is 4.99 Å². The van der Waals surface area contributed by atoms with Crippen molar-refractivity contribution in [1.29, 1.82) is 0 Å². The van der Waals surface area contributed by atoms with Crippen LogP contribution in [-0.2, 0) is 0 Å². The van der Waals surface area contributed by atoms with Crippen molar-refractivity contribution in [2.75, 3.05) is 11.9 Å². The highest BCUT2D eigenvalue weighted by Crippen LogP contribution is 2.52. The lowest BCUT2D eigenvalue weighted by Gasteiger charge is -2.13. The molecule has 30 heavy (non-hydrogen) atoms. The smallest absolute Gasteiger partial charge is 0.121 e. The van der Waals surface area contributed by atoms with E-state index in [1.54, 1.807) is 0 Å². The Morgan fingerprint density at radius 1 is 0.700 bits per heavy atom. The normalized spacial score (nSPS) is 16.6. The third kappa shape index (κ3) is 1.87. The van der Waals surface area contributed by atoms with Crippen LogP contribution in [0.1, 0.15) is 17.0 Å². The number of likely N-dealkylation sites (N-methyl/N-ethyl adjacent to an activating group) is 1. The Bertz CT molecular complexity index is 1510. The van der Waals surface area contributed by atoms with Crippen LogP contribution in [0.25, 0.3) is 27.5 Å². The third-order valence-corrected chi connectivity index (χ3v) is 6.60. The first-order valence-electron chi connectivity index (χ1n) is 10.4. The molecular weight excluding hydrogens is 366 g/mol. The zero-order chi connectivity index (χ0) is 19.8. The standard InChI is InChI=1S/C27H19N3/c1-29-22-13-7-6-12-20(22)24-21-16-15-19-18-11-5-8-14-23(18)30(17-9-3-2-4-10-17)26(19)25(21)28-27(24)29/h2-16,24H,1H3. The van der Waals surface area contributed by atoms with Crippen LogP contribution >= 0.6 is 0 Å². The van der Waals surface area contributed by atoms with Crippen LogP contribution in [0, 0.1) is 0 Å². The minimum Gasteiger partial charge on any atom is -0.332 e. The molecule has 7 rings (SSSR count). The molecular formula is C27H19N3. The molecule has 142 valence electrons. The van der Waals surface area contributed by atoms with Gasteiger partial charge in [0.05, 0.1) is 22.6 Å². The fourth-order valence-electron chi connectivity index (χ4n) is 5.31. The van der Waals surface area contributed by atoms with Crippen molar-refractivity contribution in [3.63, 3.8) is 0 Å². The molecule has 1 aromatic heterocycles. The fourth-order valence-corrected chi connectivity index (χ4v) is 5.31. The summed E-state index contributed by atoms with van der Waals surface area (Å²) in [6.45, 7) is 0. The lowest BCUT2D eigenvalue weighted by atomic mass is 9.92. The lowest BCUT2D eigenvalue weighted by molar-refractivity contribution is 1.14. The average Bonchev–Trinajstić information content (AvgIpc) is 3.43. The Labute approximate surface area is 174 Å². The molecule has 0 amide bonds. The van der Waals surface area contributed by atoms with E-state index in [2.05, 4.69) is 108 Å². The van der Waals surface area contributed by atoms with E-state index < -0.39 is 0 Å². The molecule has 0 saturated carbocycles. The summed E-state index contributed by atoms with van der Waals surface area (Å²) >= 11 is 0. The minimum absolute atomic E-state index is 0.216. The van der Waals surface area contributed by atoms with E-state index in [1.165, 1.54) is 44.3 Å². The fraction of sp³-hybridized carbons (Fsp3) is 0.0741. The van der Waals surface area contributed by atoms with Crippen LogP contribution in [0.2, 0.25) is 0 Å². The second-order valence-corrected chi connectivity index (χ2v) is 8.11. The van der Waals surface area contributed by atoms with Crippen LogP contribution in [0.15, 0.2) is 96.0 Å². The number of hydrogen-bond donors (Lipinski definition) is 0. The number of anilines is 1. The number of aromatic nitrogens is 1. The number of hydrogen-bond acceptors (Lipinski definition) is 2. The topological polar surface area (TPSA) is 20.5 Å². The molecule has 5 aromatic rings. The average molecular weight is 385 g/mol. The SMILES string of the molecule is CN1C2=Nc3c(ccc4c5ccccc5n(-c5ccccc5)c34)C2c2ccccc21. The molecule has 4 aromatic carbocycles. The second-order valence-electron chi connectivity index (χ2n) is 8.11. The summed E-state index contributed by atoms with van der Waals surface area (Å²) in [7, 11) is 2.13. The van der Waals surface area contributed by atoms with Gasteiger partial charge in [0.1, 0.15) is 5.84 Å². The highest BCUT2D eigenvalue weighted by Gasteiger charge is 2.40. The van der Waals surface area contributed by atoms with Crippen molar-refractivity contribution < 1.29 is 0 Å². The first-order chi connectivity index (χ1) is 14.8. The summed E-state index contributed by atoms with van der Waals surface area (Å²) in [6, 6.07) is 32.5. The Hall–Kier alpha value is -3.85. The van der Waals surface area contributed by atoms with E-state index in [0.29, 0.717) is 0 Å². The van der Waals surface area contributed by atoms with Crippen LogP contribution in [0.5, 0.6) is 0 Å². The molecule has 0 fully saturated rings. The van der Waals surface area contributed by atoms with E-state index >= 15 is 0 Å². The molecule has 3 heteroatoms. The number of aliphatic imine (C=N–C) groups is 1. The summed E-state index contributed by atoms with van der Waals surface area (Å²) in [6.07, 6.45) is 0. The highest BCUT2D eigenvalue weighted by atomic mass is 15.2. The van der Waals surface area contributed by atoms with Crippen molar-refractivity contribution in [1.82, 2.24) is 4.57 Å². The Morgan fingerprint density at radius 2 is 1.47 bits per heavy atom. The van der Waals surface area contributed by atoms with Gasteiger partial charge in [-0.05, 0) is 35.4 Å². The summed E-state index contributed by atoms with van der Waals surface area (Å²) < 4.78 is 2.38. The molecule has 3 nitrogen and oxygen atoms in total. The Kier molecular flexibility index (Phi) is 2.99.